The molecule has 0 amide bonds. The van der Waals surface area contributed by atoms with Crippen LogP contribution in [-0.2, 0) is 6.18 Å². The molecule has 6 nitrogen and oxygen atoms in total. The lowest BCUT2D eigenvalue weighted by Crippen LogP contribution is -2.46. The Labute approximate surface area is 141 Å². The molecular formula is C16H15F3N4O2. The van der Waals surface area contributed by atoms with Crippen LogP contribution in [0.1, 0.15) is 5.56 Å². The van der Waals surface area contributed by atoms with Crippen molar-refractivity contribution in [2.45, 2.75) is 6.18 Å². The second kappa shape index (κ2) is 6.58. The Kier molecular flexibility index (Phi) is 4.47. The largest absolute Gasteiger partial charge is 0.417 e. The Morgan fingerprint density at radius 1 is 0.960 bits per heavy atom. The summed E-state index contributed by atoms with van der Waals surface area (Å²) in [5, 5.41) is 10.7. The van der Waals surface area contributed by atoms with Gasteiger partial charge in [-0.3, -0.25) is 10.1 Å². The van der Waals surface area contributed by atoms with E-state index in [0.29, 0.717) is 32.0 Å². The van der Waals surface area contributed by atoms with Gasteiger partial charge in [-0.25, -0.2) is 4.98 Å². The lowest BCUT2D eigenvalue weighted by molar-refractivity contribution is -0.384. The predicted octanol–water partition coefficient (Wildman–Crippen LogP) is 3.34. The van der Waals surface area contributed by atoms with Gasteiger partial charge in [0.25, 0.3) is 5.69 Å². The molecule has 3 rings (SSSR count). The van der Waals surface area contributed by atoms with Crippen LogP contribution in [0.4, 0.5) is 30.4 Å². The second-order valence-electron chi connectivity index (χ2n) is 5.65. The summed E-state index contributed by atoms with van der Waals surface area (Å²) in [5.74, 6) is 0.511. The molecule has 1 aliphatic heterocycles. The number of pyridine rings is 1. The van der Waals surface area contributed by atoms with E-state index in [2.05, 4.69) is 9.88 Å². The van der Waals surface area contributed by atoms with E-state index in [-0.39, 0.29) is 5.69 Å². The van der Waals surface area contributed by atoms with E-state index in [9.17, 15) is 23.3 Å². The minimum Gasteiger partial charge on any atom is -0.368 e. The lowest BCUT2D eigenvalue weighted by Gasteiger charge is -2.36. The molecule has 1 aromatic heterocycles. The van der Waals surface area contributed by atoms with Crippen LogP contribution in [0.2, 0.25) is 0 Å². The summed E-state index contributed by atoms with van der Waals surface area (Å²) in [6.45, 7) is 2.52. The van der Waals surface area contributed by atoms with Crippen LogP contribution in [0.15, 0.2) is 42.6 Å². The number of nitrogens with zero attached hydrogens (tertiary/aromatic N) is 4. The molecule has 9 heteroatoms. The number of aromatic nitrogens is 1. The third-order valence-electron chi connectivity index (χ3n) is 4.10. The number of nitro benzene ring substituents is 1. The highest BCUT2D eigenvalue weighted by atomic mass is 19.4. The number of rotatable bonds is 3. The number of hydrogen-bond acceptors (Lipinski definition) is 5. The van der Waals surface area contributed by atoms with E-state index in [0.717, 1.165) is 18.0 Å². The number of alkyl halides is 3. The molecule has 2 heterocycles. The van der Waals surface area contributed by atoms with Gasteiger partial charge < -0.3 is 9.80 Å². The number of halogens is 3. The number of hydrogen-bond donors (Lipinski definition) is 0. The highest BCUT2D eigenvalue weighted by Crippen LogP contribution is 2.29. The maximum atomic E-state index is 12.6. The van der Waals surface area contributed by atoms with Gasteiger partial charge >= 0.3 is 6.18 Å². The van der Waals surface area contributed by atoms with Gasteiger partial charge in [-0.2, -0.15) is 13.2 Å². The molecular weight excluding hydrogens is 337 g/mol. The highest BCUT2D eigenvalue weighted by Gasteiger charge is 2.31. The van der Waals surface area contributed by atoms with Crippen molar-refractivity contribution < 1.29 is 18.1 Å². The summed E-state index contributed by atoms with van der Waals surface area (Å²) >= 11 is 0. The van der Waals surface area contributed by atoms with Crippen molar-refractivity contribution in [2.24, 2.45) is 0 Å². The van der Waals surface area contributed by atoms with Crippen LogP contribution >= 0.6 is 0 Å². The van der Waals surface area contributed by atoms with E-state index in [4.69, 9.17) is 0 Å². The molecule has 0 N–H and O–H groups in total. The maximum Gasteiger partial charge on any atom is 0.417 e. The molecule has 0 spiro atoms. The molecule has 2 aromatic rings. The fourth-order valence-electron chi connectivity index (χ4n) is 2.72. The summed E-state index contributed by atoms with van der Waals surface area (Å²) in [6, 6.07) is 8.72. The fraction of sp³-hybridized carbons (Fsp3) is 0.312. The molecule has 1 aromatic carbocycles. The number of piperazine rings is 1. The molecule has 0 saturated carbocycles. The van der Waals surface area contributed by atoms with Gasteiger partial charge in [0.05, 0.1) is 10.5 Å². The lowest BCUT2D eigenvalue weighted by atomic mass is 10.2. The molecule has 0 aliphatic carbocycles. The summed E-state index contributed by atoms with van der Waals surface area (Å²) in [4.78, 5) is 18.1. The second-order valence-corrected chi connectivity index (χ2v) is 5.65. The maximum absolute atomic E-state index is 12.6. The zero-order valence-corrected chi connectivity index (χ0v) is 13.1. The zero-order valence-electron chi connectivity index (χ0n) is 13.1. The minimum atomic E-state index is -4.39. The highest BCUT2D eigenvalue weighted by molar-refractivity contribution is 5.52. The van der Waals surface area contributed by atoms with Gasteiger partial charge in [-0.1, -0.05) is 0 Å². The average Bonchev–Trinajstić information content (AvgIpc) is 2.61. The number of nitro groups is 1. The Bertz CT molecular complexity index is 739. The van der Waals surface area contributed by atoms with Gasteiger partial charge in [-0.15, -0.1) is 0 Å². The summed E-state index contributed by atoms with van der Waals surface area (Å²) in [7, 11) is 0. The number of non-ortho nitro benzene ring substituents is 1. The van der Waals surface area contributed by atoms with Gasteiger partial charge in [0.1, 0.15) is 5.82 Å². The normalized spacial score (nSPS) is 15.3. The smallest absolute Gasteiger partial charge is 0.368 e. The van der Waals surface area contributed by atoms with Crippen LogP contribution in [0.3, 0.4) is 0 Å². The van der Waals surface area contributed by atoms with Crippen molar-refractivity contribution >= 4 is 17.2 Å². The summed E-state index contributed by atoms with van der Waals surface area (Å²) in [6.07, 6.45) is -3.54. The molecule has 0 atom stereocenters. The Morgan fingerprint density at radius 3 is 2.04 bits per heavy atom. The van der Waals surface area contributed by atoms with E-state index < -0.39 is 16.7 Å². The van der Waals surface area contributed by atoms with E-state index in [1.165, 1.54) is 18.2 Å². The first kappa shape index (κ1) is 17.0. The first-order valence-electron chi connectivity index (χ1n) is 7.62. The first-order valence-corrected chi connectivity index (χ1v) is 7.62. The van der Waals surface area contributed by atoms with Crippen molar-refractivity contribution in [3.8, 4) is 0 Å². The van der Waals surface area contributed by atoms with E-state index >= 15 is 0 Å². The molecule has 1 saturated heterocycles. The standard InChI is InChI=1S/C16H15F3N4O2/c17-16(18,19)12-1-6-15(20-11-12)22-9-7-21(8-10-22)13-2-4-14(5-3-13)23(24)25/h1-6,11H,7-10H2. The topological polar surface area (TPSA) is 62.5 Å². The minimum absolute atomic E-state index is 0.0383. The van der Waals surface area contributed by atoms with Crippen LogP contribution in [0, 0.1) is 10.1 Å². The van der Waals surface area contributed by atoms with Crippen molar-refractivity contribution in [1.29, 1.82) is 0 Å². The van der Waals surface area contributed by atoms with E-state index in [1.807, 2.05) is 4.90 Å². The summed E-state index contributed by atoms with van der Waals surface area (Å²) < 4.78 is 37.7. The van der Waals surface area contributed by atoms with Gasteiger partial charge in [-0.05, 0) is 24.3 Å². The summed E-state index contributed by atoms with van der Waals surface area (Å²) in [5.41, 5.74) is 0.155. The predicted molar refractivity (Wildman–Crippen MR) is 86.8 cm³/mol. The third kappa shape index (κ3) is 3.81. The Balaban J connectivity index is 1.62. The molecule has 25 heavy (non-hydrogen) atoms. The Morgan fingerprint density at radius 2 is 1.56 bits per heavy atom. The molecule has 0 radical (unpaired) electrons. The van der Waals surface area contributed by atoms with Gasteiger partial charge in [0.15, 0.2) is 0 Å². The number of benzene rings is 1. The zero-order chi connectivity index (χ0) is 18.0. The SMILES string of the molecule is O=[N+]([O-])c1ccc(N2CCN(c3ccc(C(F)(F)F)cn3)CC2)cc1. The third-order valence-corrected chi connectivity index (χ3v) is 4.10. The van der Waals surface area contributed by atoms with Crippen molar-refractivity contribution in [3.63, 3.8) is 0 Å². The van der Waals surface area contributed by atoms with Crippen LogP contribution < -0.4 is 9.80 Å². The molecule has 132 valence electrons. The molecule has 1 fully saturated rings. The molecule has 0 bridgehead atoms. The Hall–Kier alpha value is -2.84. The van der Waals surface area contributed by atoms with Crippen molar-refractivity contribution in [1.82, 2.24) is 4.98 Å². The van der Waals surface area contributed by atoms with Gasteiger partial charge in [0, 0.05) is 50.2 Å². The first-order chi connectivity index (χ1) is 11.8. The van der Waals surface area contributed by atoms with Crippen LogP contribution in [-0.4, -0.2) is 36.1 Å². The average molecular weight is 352 g/mol. The quantitative estimate of drug-likeness (QED) is 0.626. The molecule has 1 aliphatic rings. The molecule has 0 unspecified atom stereocenters. The fourth-order valence-corrected chi connectivity index (χ4v) is 2.72. The number of anilines is 2. The van der Waals surface area contributed by atoms with Crippen LogP contribution in [0.25, 0.3) is 0 Å². The van der Waals surface area contributed by atoms with E-state index in [1.54, 1.807) is 12.1 Å². The van der Waals surface area contributed by atoms with Gasteiger partial charge in [0.2, 0.25) is 0 Å². The van der Waals surface area contributed by atoms with Crippen molar-refractivity contribution in [3.05, 3.63) is 58.3 Å². The van der Waals surface area contributed by atoms with Crippen molar-refractivity contribution in [2.75, 3.05) is 36.0 Å². The van der Waals surface area contributed by atoms with Crippen LogP contribution in [0.5, 0.6) is 0 Å². The monoisotopic (exact) mass is 352 g/mol.